The van der Waals surface area contributed by atoms with Crippen LogP contribution in [-0.2, 0) is 11.3 Å². The van der Waals surface area contributed by atoms with Crippen LogP contribution in [0.3, 0.4) is 0 Å². The van der Waals surface area contributed by atoms with Gasteiger partial charge in [0.2, 0.25) is 5.91 Å². The van der Waals surface area contributed by atoms with Crippen molar-refractivity contribution in [2.45, 2.75) is 32.7 Å². The van der Waals surface area contributed by atoms with Gasteiger partial charge in [-0.2, -0.15) is 0 Å². The summed E-state index contributed by atoms with van der Waals surface area (Å²) in [5.74, 6) is 2.18. The summed E-state index contributed by atoms with van der Waals surface area (Å²) in [6.07, 6.45) is 5.18. The normalized spacial score (nSPS) is 18.7. The molecule has 0 bridgehead atoms. The molecule has 1 aliphatic carbocycles. The number of imidazole rings is 1. The molecule has 1 unspecified atom stereocenters. The number of carbonyl (C=O) groups excluding carboxylic acids is 1. The molecule has 1 aromatic heterocycles. The summed E-state index contributed by atoms with van der Waals surface area (Å²) in [5, 5.41) is 0.747. The average molecular weight is 420 g/mol. The largest absolute Gasteiger partial charge is 0.342 e. The van der Waals surface area contributed by atoms with Crippen LogP contribution in [0.4, 0.5) is 0 Å². The molecule has 0 spiro atoms. The Morgan fingerprint density at radius 2 is 1.63 bits per heavy atom. The van der Waals surface area contributed by atoms with Crippen LogP contribution >= 0.6 is 11.6 Å². The SMILES string of the molecule is Cc1cnc(-c2ccc(-c3ccc(Cl)cc3)cc2)n1CC1CCN(C(=O)C2CC2)C1. The highest BCUT2D eigenvalue weighted by molar-refractivity contribution is 6.30. The van der Waals surface area contributed by atoms with E-state index in [1.165, 1.54) is 5.69 Å². The number of aromatic nitrogens is 2. The van der Waals surface area contributed by atoms with Gasteiger partial charge in [0.05, 0.1) is 0 Å². The Kier molecular flexibility index (Phi) is 5.11. The van der Waals surface area contributed by atoms with Crippen LogP contribution in [0.5, 0.6) is 0 Å². The maximum atomic E-state index is 12.4. The number of amides is 1. The van der Waals surface area contributed by atoms with Gasteiger partial charge in [0.25, 0.3) is 0 Å². The van der Waals surface area contributed by atoms with E-state index in [4.69, 9.17) is 16.6 Å². The van der Waals surface area contributed by atoms with Gasteiger partial charge in [-0.15, -0.1) is 0 Å². The van der Waals surface area contributed by atoms with Crippen molar-refractivity contribution in [3.63, 3.8) is 0 Å². The molecule has 5 heteroatoms. The summed E-state index contributed by atoms with van der Waals surface area (Å²) in [6.45, 7) is 4.80. The van der Waals surface area contributed by atoms with Gasteiger partial charge in [-0.05, 0) is 55.4 Å². The van der Waals surface area contributed by atoms with Gasteiger partial charge in [-0.3, -0.25) is 4.79 Å². The van der Waals surface area contributed by atoms with Crippen LogP contribution < -0.4 is 0 Å². The van der Waals surface area contributed by atoms with E-state index in [-0.39, 0.29) is 0 Å². The molecule has 5 rings (SSSR count). The van der Waals surface area contributed by atoms with E-state index in [0.29, 0.717) is 17.7 Å². The Morgan fingerprint density at radius 3 is 2.30 bits per heavy atom. The summed E-state index contributed by atoms with van der Waals surface area (Å²) < 4.78 is 2.31. The second kappa shape index (κ2) is 7.92. The van der Waals surface area contributed by atoms with Crippen molar-refractivity contribution in [3.8, 4) is 22.5 Å². The first-order valence-corrected chi connectivity index (χ1v) is 11.1. The maximum Gasteiger partial charge on any atom is 0.225 e. The molecule has 1 aliphatic heterocycles. The average Bonchev–Trinajstić information content (AvgIpc) is 3.41. The Hall–Kier alpha value is -2.59. The molecule has 0 N–H and O–H groups in total. The molecule has 3 aromatic rings. The number of halogens is 1. The third kappa shape index (κ3) is 3.89. The van der Waals surface area contributed by atoms with E-state index >= 15 is 0 Å². The van der Waals surface area contributed by atoms with E-state index in [2.05, 4.69) is 40.7 Å². The molecule has 0 radical (unpaired) electrons. The van der Waals surface area contributed by atoms with Gasteiger partial charge in [0.15, 0.2) is 0 Å². The van der Waals surface area contributed by atoms with Gasteiger partial charge in [-0.25, -0.2) is 4.98 Å². The van der Waals surface area contributed by atoms with Crippen LogP contribution in [0.15, 0.2) is 54.7 Å². The van der Waals surface area contributed by atoms with Crippen molar-refractivity contribution in [3.05, 3.63) is 65.4 Å². The quantitative estimate of drug-likeness (QED) is 0.552. The molecule has 1 atom stereocenters. The zero-order valence-electron chi connectivity index (χ0n) is 17.2. The number of aryl methyl sites for hydroxylation is 1. The highest BCUT2D eigenvalue weighted by atomic mass is 35.5. The standard InChI is InChI=1S/C25H26ClN3O/c1-17-14-27-24(21-4-2-19(3-5-21)20-8-10-23(26)11-9-20)29(17)16-18-12-13-28(15-18)25(30)22-6-7-22/h2-5,8-11,14,18,22H,6-7,12-13,15-16H2,1H3. The van der Waals surface area contributed by atoms with Crippen molar-refractivity contribution in [1.29, 1.82) is 0 Å². The lowest BCUT2D eigenvalue weighted by Gasteiger charge is -2.18. The lowest BCUT2D eigenvalue weighted by atomic mass is 10.0. The maximum absolute atomic E-state index is 12.4. The number of carbonyl (C=O) groups is 1. The minimum atomic E-state index is 0.313. The van der Waals surface area contributed by atoms with Crippen molar-refractivity contribution in [2.24, 2.45) is 11.8 Å². The van der Waals surface area contributed by atoms with Crippen LogP contribution in [0, 0.1) is 18.8 Å². The lowest BCUT2D eigenvalue weighted by molar-refractivity contribution is -0.131. The summed E-state index contributed by atoms with van der Waals surface area (Å²) in [5.41, 5.74) is 4.59. The number of hydrogen-bond acceptors (Lipinski definition) is 2. The predicted molar refractivity (Wildman–Crippen MR) is 120 cm³/mol. The first-order valence-electron chi connectivity index (χ1n) is 10.8. The number of hydrogen-bond donors (Lipinski definition) is 0. The van der Waals surface area contributed by atoms with Crippen LogP contribution in [-0.4, -0.2) is 33.4 Å². The zero-order valence-corrected chi connectivity index (χ0v) is 18.0. The Bertz CT molecular complexity index is 1050. The molecule has 2 fully saturated rings. The molecule has 2 aliphatic rings. The van der Waals surface area contributed by atoms with Gasteiger partial charge in [0, 0.05) is 48.0 Å². The monoisotopic (exact) mass is 419 g/mol. The molecular formula is C25H26ClN3O. The van der Waals surface area contributed by atoms with Crippen molar-refractivity contribution < 1.29 is 4.79 Å². The van der Waals surface area contributed by atoms with Gasteiger partial charge >= 0.3 is 0 Å². The molecular weight excluding hydrogens is 394 g/mol. The fourth-order valence-corrected chi connectivity index (χ4v) is 4.53. The van der Waals surface area contributed by atoms with Gasteiger partial charge in [0.1, 0.15) is 5.82 Å². The summed E-state index contributed by atoms with van der Waals surface area (Å²) in [4.78, 5) is 19.2. The number of nitrogens with zero attached hydrogens (tertiary/aromatic N) is 3. The lowest BCUT2D eigenvalue weighted by Crippen LogP contribution is -2.30. The van der Waals surface area contributed by atoms with Gasteiger partial charge in [-0.1, -0.05) is 48.0 Å². The van der Waals surface area contributed by atoms with Gasteiger partial charge < -0.3 is 9.47 Å². The second-order valence-electron chi connectivity index (χ2n) is 8.63. The van der Waals surface area contributed by atoms with Crippen molar-refractivity contribution in [2.75, 3.05) is 13.1 Å². The Labute approximate surface area is 182 Å². The van der Waals surface area contributed by atoms with E-state index in [9.17, 15) is 4.79 Å². The minimum absolute atomic E-state index is 0.313. The zero-order chi connectivity index (χ0) is 20.7. The van der Waals surface area contributed by atoms with E-state index < -0.39 is 0 Å². The van der Waals surface area contributed by atoms with Crippen LogP contribution in [0.2, 0.25) is 5.02 Å². The Morgan fingerprint density at radius 1 is 1.00 bits per heavy atom. The summed E-state index contributed by atoms with van der Waals surface area (Å²) >= 11 is 6.01. The Balaban J connectivity index is 1.32. The molecule has 1 saturated heterocycles. The number of likely N-dealkylation sites (tertiary alicyclic amines) is 1. The third-order valence-corrected chi connectivity index (χ3v) is 6.59. The molecule has 1 amide bonds. The highest BCUT2D eigenvalue weighted by Gasteiger charge is 2.36. The molecule has 4 nitrogen and oxygen atoms in total. The number of benzene rings is 2. The topological polar surface area (TPSA) is 38.1 Å². The highest BCUT2D eigenvalue weighted by Crippen LogP contribution is 2.33. The fourth-order valence-electron chi connectivity index (χ4n) is 4.40. The van der Waals surface area contributed by atoms with Crippen molar-refractivity contribution >= 4 is 17.5 Å². The third-order valence-electron chi connectivity index (χ3n) is 6.34. The predicted octanol–water partition coefficient (Wildman–Crippen LogP) is 5.44. The summed E-state index contributed by atoms with van der Waals surface area (Å²) in [6, 6.07) is 16.5. The smallest absolute Gasteiger partial charge is 0.225 e. The minimum Gasteiger partial charge on any atom is -0.342 e. The van der Waals surface area contributed by atoms with E-state index in [1.54, 1.807) is 0 Å². The molecule has 1 saturated carbocycles. The van der Waals surface area contributed by atoms with E-state index in [0.717, 1.165) is 66.4 Å². The fraction of sp³-hybridized carbons (Fsp3) is 0.360. The van der Waals surface area contributed by atoms with E-state index in [1.807, 2.05) is 30.5 Å². The van der Waals surface area contributed by atoms with Crippen LogP contribution in [0.25, 0.3) is 22.5 Å². The number of rotatable bonds is 5. The molecule has 154 valence electrons. The molecule has 30 heavy (non-hydrogen) atoms. The first-order chi connectivity index (χ1) is 14.6. The second-order valence-corrected chi connectivity index (χ2v) is 9.07. The molecule has 2 heterocycles. The summed E-state index contributed by atoms with van der Waals surface area (Å²) in [7, 11) is 0. The van der Waals surface area contributed by atoms with Crippen molar-refractivity contribution in [1.82, 2.24) is 14.5 Å². The first kappa shape index (κ1) is 19.4. The molecule has 2 aromatic carbocycles. The van der Waals surface area contributed by atoms with Crippen LogP contribution in [0.1, 0.15) is 25.0 Å².